The molecule has 1 saturated carbocycles. The minimum Gasteiger partial charge on any atom is -0.381 e. The number of carbonyl (C=O) groups excluding carboxylic acids is 1. The molecule has 0 bridgehead atoms. The molecule has 0 spiro atoms. The van der Waals surface area contributed by atoms with E-state index in [0.29, 0.717) is 24.5 Å². The van der Waals surface area contributed by atoms with Gasteiger partial charge in [-0.3, -0.25) is 4.79 Å². The van der Waals surface area contributed by atoms with Crippen molar-refractivity contribution in [3.05, 3.63) is 0 Å². The van der Waals surface area contributed by atoms with Gasteiger partial charge in [-0.25, -0.2) is 0 Å². The van der Waals surface area contributed by atoms with Crippen molar-refractivity contribution < 1.29 is 9.53 Å². The van der Waals surface area contributed by atoms with Gasteiger partial charge in [0.05, 0.1) is 13.2 Å². The quantitative estimate of drug-likeness (QED) is 0.748. The first kappa shape index (κ1) is 14.8. The summed E-state index contributed by atoms with van der Waals surface area (Å²) in [4.78, 5) is 11.9. The summed E-state index contributed by atoms with van der Waals surface area (Å²) < 4.78 is 5.38. The van der Waals surface area contributed by atoms with E-state index >= 15 is 0 Å². The summed E-state index contributed by atoms with van der Waals surface area (Å²) in [5.41, 5.74) is 0. The van der Waals surface area contributed by atoms with Gasteiger partial charge in [0, 0.05) is 18.7 Å². The lowest BCUT2D eigenvalue weighted by Gasteiger charge is -2.21. The van der Waals surface area contributed by atoms with E-state index < -0.39 is 0 Å². The monoisotopic (exact) mass is 268 g/mol. The van der Waals surface area contributed by atoms with E-state index in [2.05, 4.69) is 17.6 Å². The minimum atomic E-state index is 0.151. The molecule has 0 radical (unpaired) electrons. The van der Waals surface area contributed by atoms with E-state index in [0.717, 1.165) is 32.5 Å². The van der Waals surface area contributed by atoms with E-state index in [1.165, 1.54) is 25.7 Å². The Labute approximate surface area is 116 Å². The highest BCUT2D eigenvalue weighted by atomic mass is 16.5. The molecule has 2 rings (SSSR count). The molecule has 19 heavy (non-hydrogen) atoms. The van der Waals surface area contributed by atoms with Crippen LogP contribution >= 0.6 is 0 Å². The summed E-state index contributed by atoms with van der Waals surface area (Å²) in [6.45, 7) is 4.29. The number of ether oxygens (including phenoxy) is 1. The van der Waals surface area contributed by atoms with Crippen molar-refractivity contribution in [2.45, 2.75) is 64.0 Å². The molecule has 2 unspecified atom stereocenters. The van der Waals surface area contributed by atoms with Crippen LogP contribution < -0.4 is 10.6 Å². The van der Waals surface area contributed by atoms with Crippen molar-refractivity contribution in [1.29, 1.82) is 0 Å². The second-order valence-corrected chi connectivity index (χ2v) is 6.05. The maximum absolute atomic E-state index is 11.9. The molecule has 1 heterocycles. The standard InChI is InChI=1S/C15H28N2O2/c1-12(13-8-9-19-11-13)16-10-15(18)17-14-6-4-2-3-5-7-14/h12-14,16H,2-11H2,1H3,(H,17,18). The molecule has 0 aromatic rings. The number of hydrogen-bond acceptors (Lipinski definition) is 3. The normalized spacial score (nSPS) is 26.9. The van der Waals surface area contributed by atoms with Crippen LogP contribution in [0.5, 0.6) is 0 Å². The summed E-state index contributed by atoms with van der Waals surface area (Å²) in [6.07, 6.45) is 8.57. The Balaban J connectivity index is 1.63. The summed E-state index contributed by atoms with van der Waals surface area (Å²) in [6, 6.07) is 0.768. The Hall–Kier alpha value is -0.610. The SMILES string of the molecule is CC(NCC(=O)NC1CCCCCC1)C1CCOC1. The Morgan fingerprint density at radius 2 is 1.95 bits per heavy atom. The second-order valence-electron chi connectivity index (χ2n) is 6.05. The van der Waals surface area contributed by atoms with Gasteiger partial charge < -0.3 is 15.4 Å². The molecule has 2 aliphatic rings. The molecule has 4 nitrogen and oxygen atoms in total. The van der Waals surface area contributed by atoms with Crippen molar-refractivity contribution in [3.8, 4) is 0 Å². The lowest BCUT2D eigenvalue weighted by atomic mass is 10.0. The van der Waals surface area contributed by atoms with Crippen molar-refractivity contribution in [2.24, 2.45) is 5.92 Å². The van der Waals surface area contributed by atoms with Crippen LogP contribution in [0.3, 0.4) is 0 Å². The van der Waals surface area contributed by atoms with Crippen LogP contribution in [-0.4, -0.2) is 37.7 Å². The largest absolute Gasteiger partial charge is 0.381 e. The first-order valence-corrected chi connectivity index (χ1v) is 7.86. The van der Waals surface area contributed by atoms with Crippen LogP contribution in [-0.2, 0) is 9.53 Å². The van der Waals surface area contributed by atoms with Gasteiger partial charge in [0.15, 0.2) is 0 Å². The predicted molar refractivity (Wildman–Crippen MR) is 76.0 cm³/mol. The topological polar surface area (TPSA) is 50.4 Å². The Kier molecular flexibility index (Phi) is 6.11. The van der Waals surface area contributed by atoms with Gasteiger partial charge in [0.2, 0.25) is 5.91 Å². The second kappa shape index (κ2) is 7.85. The van der Waals surface area contributed by atoms with E-state index in [-0.39, 0.29) is 5.91 Å². The molecule has 110 valence electrons. The van der Waals surface area contributed by atoms with Crippen LogP contribution in [0.25, 0.3) is 0 Å². The summed E-state index contributed by atoms with van der Waals surface area (Å²) in [5.74, 6) is 0.711. The molecule has 4 heteroatoms. The maximum Gasteiger partial charge on any atom is 0.234 e. The Morgan fingerprint density at radius 3 is 2.58 bits per heavy atom. The highest BCUT2D eigenvalue weighted by Crippen LogP contribution is 2.17. The van der Waals surface area contributed by atoms with Crippen molar-refractivity contribution in [1.82, 2.24) is 10.6 Å². The van der Waals surface area contributed by atoms with E-state index in [4.69, 9.17) is 4.74 Å². The summed E-state index contributed by atoms with van der Waals surface area (Å²) in [5, 5.41) is 6.51. The number of amides is 1. The zero-order valence-corrected chi connectivity index (χ0v) is 12.1. The number of carbonyl (C=O) groups is 1. The van der Waals surface area contributed by atoms with Crippen LogP contribution in [0.4, 0.5) is 0 Å². The molecule has 2 atom stereocenters. The molecular weight excluding hydrogens is 240 g/mol. The fraction of sp³-hybridized carbons (Fsp3) is 0.933. The molecule has 1 aliphatic heterocycles. The smallest absolute Gasteiger partial charge is 0.234 e. The van der Waals surface area contributed by atoms with E-state index in [1.54, 1.807) is 0 Å². The molecule has 1 saturated heterocycles. The van der Waals surface area contributed by atoms with Crippen LogP contribution in [0.1, 0.15) is 51.9 Å². The number of hydrogen-bond donors (Lipinski definition) is 2. The van der Waals surface area contributed by atoms with Crippen molar-refractivity contribution in [2.75, 3.05) is 19.8 Å². The van der Waals surface area contributed by atoms with Crippen molar-refractivity contribution in [3.63, 3.8) is 0 Å². The summed E-state index contributed by atoms with van der Waals surface area (Å²) >= 11 is 0. The predicted octanol–water partition coefficient (Wildman–Crippen LogP) is 1.84. The van der Waals surface area contributed by atoms with Gasteiger partial charge in [0.25, 0.3) is 0 Å². The zero-order chi connectivity index (χ0) is 13.5. The zero-order valence-electron chi connectivity index (χ0n) is 12.1. The third-order valence-electron chi connectivity index (χ3n) is 4.48. The van der Waals surface area contributed by atoms with Gasteiger partial charge in [-0.1, -0.05) is 25.7 Å². The molecule has 1 aliphatic carbocycles. The van der Waals surface area contributed by atoms with Crippen LogP contribution in [0.2, 0.25) is 0 Å². The highest BCUT2D eigenvalue weighted by molar-refractivity contribution is 5.78. The molecule has 0 aromatic carbocycles. The van der Waals surface area contributed by atoms with E-state index in [9.17, 15) is 4.79 Å². The van der Waals surface area contributed by atoms with Gasteiger partial charge in [-0.05, 0) is 32.1 Å². The molecular formula is C15H28N2O2. The average Bonchev–Trinajstić information content (AvgIpc) is 2.82. The van der Waals surface area contributed by atoms with Crippen LogP contribution in [0.15, 0.2) is 0 Å². The van der Waals surface area contributed by atoms with Gasteiger partial charge in [-0.15, -0.1) is 0 Å². The average molecular weight is 268 g/mol. The molecule has 0 aromatic heterocycles. The van der Waals surface area contributed by atoms with Gasteiger partial charge in [-0.2, -0.15) is 0 Å². The fourth-order valence-electron chi connectivity index (χ4n) is 3.07. The van der Waals surface area contributed by atoms with Gasteiger partial charge in [0.1, 0.15) is 0 Å². The first-order valence-electron chi connectivity index (χ1n) is 7.86. The minimum absolute atomic E-state index is 0.151. The van der Waals surface area contributed by atoms with Crippen molar-refractivity contribution >= 4 is 5.91 Å². The molecule has 2 fully saturated rings. The third kappa shape index (κ3) is 5.11. The summed E-state index contributed by atoms with van der Waals surface area (Å²) in [7, 11) is 0. The first-order chi connectivity index (χ1) is 9.25. The fourth-order valence-corrected chi connectivity index (χ4v) is 3.07. The number of rotatable bonds is 5. The van der Waals surface area contributed by atoms with E-state index in [1.807, 2.05) is 0 Å². The Bertz CT molecular complexity index is 269. The molecule has 2 N–H and O–H groups in total. The lowest BCUT2D eigenvalue weighted by molar-refractivity contribution is -0.121. The Morgan fingerprint density at radius 1 is 1.21 bits per heavy atom. The van der Waals surface area contributed by atoms with Crippen LogP contribution in [0, 0.1) is 5.92 Å². The maximum atomic E-state index is 11.9. The van der Waals surface area contributed by atoms with Gasteiger partial charge >= 0.3 is 0 Å². The molecule has 1 amide bonds. The third-order valence-corrected chi connectivity index (χ3v) is 4.48. The number of nitrogens with one attached hydrogen (secondary N) is 2. The highest BCUT2D eigenvalue weighted by Gasteiger charge is 2.22. The lowest BCUT2D eigenvalue weighted by Crippen LogP contribution is -2.44.